The van der Waals surface area contributed by atoms with Gasteiger partial charge >= 0.3 is 11.9 Å². The summed E-state index contributed by atoms with van der Waals surface area (Å²) in [4.78, 5) is 76.3. The van der Waals surface area contributed by atoms with Crippen molar-refractivity contribution in [2.75, 3.05) is 11.5 Å². The Kier molecular flexibility index (Phi) is 7.90. The third kappa shape index (κ3) is 6.50. The minimum atomic E-state index is -1.55. The third-order valence-corrected chi connectivity index (χ3v) is 3.57. The van der Waals surface area contributed by atoms with E-state index in [1.807, 2.05) is 10.6 Å². The van der Waals surface area contributed by atoms with Crippen LogP contribution in [0.15, 0.2) is 0 Å². The van der Waals surface area contributed by atoms with Gasteiger partial charge in [-0.3, -0.25) is 19.2 Å². The molecule has 2 atom stereocenters. The Balaban J connectivity index is 3.10. The summed E-state index contributed by atoms with van der Waals surface area (Å²) in [6.45, 7) is 2.27. The Morgan fingerprint density at radius 2 is 1.07 bits per heavy atom. The molecule has 0 radical (unpaired) electrons. The first-order valence-corrected chi connectivity index (χ1v) is 8.32. The second-order valence-corrected chi connectivity index (χ2v) is 6.23. The molecule has 1 aromatic heterocycles. The molecule has 8 N–H and O–H groups in total. The van der Waals surface area contributed by atoms with Crippen molar-refractivity contribution in [2.45, 2.75) is 38.8 Å². The summed E-state index contributed by atoms with van der Waals surface area (Å²) >= 11 is 0. The highest BCUT2D eigenvalue weighted by Crippen LogP contribution is 2.14. The number of aromatic nitrogens is 2. The van der Waals surface area contributed by atoms with Gasteiger partial charge in [-0.2, -0.15) is 0 Å². The van der Waals surface area contributed by atoms with E-state index in [1.54, 1.807) is 0 Å². The Labute approximate surface area is 169 Å². The monoisotopic (exact) mass is 424 g/mol. The van der Waals surface area contributed by atoms with Gasteiger partial charge in [0.25, 0.3) is 11.8 Å². The van der Waals surface area contributed by atoms with E-state index in [0.29, 0.717) is 0 Å². The standard InChI is InChI=1S/C16H20N6O8/c1-5(23)3-7(15(27)28)19-13(25)9-11(17)22-10(12(18)21-9)14(26)20-8(16(29)30)4-6(2)24/h7-8H,3-4H2,1-2H3,(H2,18,21)(H2,17,22)(H,19,25)(H,20,26)(H,27,28)(H,29,30)/t7-,8-/m1/s1. The van der Waals surface area contributed by atoms with E-state index in [0.717, 1.165) is 13.8 Å². The normalized spacial score (nSPS) is 12.3. The van der Waals surface area contributed by atoms with Gasteiger partial charge in [0, 0.05) is 12.8 Å². The molecule has 0 unspecified atom stereocenters. The number of ketones is 2. The Morgan fingerprint density at radius 3 is 1.30 bits per heavy atom. The quantitative estimate of drug-likeness (QED) is 0.238. The molecule has 0 aliphatic carbocycles. The molecule has 0 bridgehead atoms. The summed E-state index contributed by atoms with van der Waals surface area (Å²) < 4.78 is 0. The van der Waals surface area contributed by atoms with Crippen LogP contribution in [0.2, 0.25) is 0 Å². The van der Waals surface area contributed by atoms with Crippen molar-refractivity contribution < 1.29 is 39.0 Å². The first-order valence-electron chi connectivity index (χ1n) is 8.32. The number of hydrogen-bond acceptors (Lipinski definition) is 10. The van der Waals surface area contributed by atoms with Crippen molar-refractivity contribution in [1.29, 1.82) is 0 Å². The maximum Gasteiger partial charge on any atom is 0.326 e. The maximum absolute atomic E-state index is 12.2. The second kappa shape index (κ2) is 9.90. The number of aliphatic carboxylic acids is 2. The lowest BCUT2D eigenvalue weighted by atomic mass is 10.1. The number of carboxylic acid groups (broad SMARTS) is 2. The zero-order valence-corrected chi connectivity index (χ0v) is 16.0. The highest BCUT2D eigenvalue weighted by atomic mass is 16.4. The molecule has 1 rings (SSSR count). The van der Waals surface area contributed by atoms with Crippen LogP contribution in [-0.2, 0) is 19.2 Å². The molecular weight excluding hydrogens is 404 g/mol. The SMILES string of the molecule is CC(=O)C[C@@H](NC(=O)c1nc(N)c(C(=O)N[C@H](CC(C)=O)C(=O)O)nc1N)C(=O)O. The average molecular weight is 424 g/mol. The van der Waals surface area contributed by atoms with E-state index >= 15 is 0 Å². The fourth-order valence-corrected chi connectivity index (χ4v) is 2.22. The lowest BCUT2D eigenvalue weighted by Crippen LogP contribution is -2.43. The highest BCUT2D eigenvalue weighted by molar-refractivity contribution is 6.03. The number of carbonyl (C=O) groups excluding carboxylic acids is 4. The molecule has 0 aromatic carbocycles. The van der Waals surface area contributed by atoms with Crippen molar-refractivity contribution in [2.24, 2.45) is 0 Å². The van der Waals surface area contributed by atoms with Crippen LogP contribution in [0.3, 0.4) is 0 Å². The summed E-state index contributed by atoms with van der Waals surface area (Å²) in [6, 6.07) is -3.10. The number of carboxylic acids is 2. The van der Waals surface area contributed by atoms with Gasteiger partial charge in [-0.25, -0.2) is 19.6 Å². The molecule has 1 heterocycles. The molecule has 0 fully saturated rings. The average Bonchev–Trinajstić information content (AvgIpc) is 2.60. The Hall–Kier alpha value is -4.10. The van der Waals surface area contributed by atoms with Gasteiger partial charge < -0.3 is 32.3 Å². The zero-order chi connectivity index (χ0) is 23.2. The van der Waals surface area contributed by atoms with Crippen LogP contribution < -0.4 is 22.1 Å². The molecule has 0 saturated heterocycles. The van der Waals surface area contributed by atoms with Crippen molar-refractivity contribution >= 4 is 47.0 Å². The molecule has 162 valence electrons. The maximum atomic E-state index is 12.2. The van der Waals surface area contributed by atoms with Crippen LogP contribution in [0.1, 0.15) is 47.7 Å². The molecular formula is C16H20N6O8. The van der Waals surface area contributed by atoms with E-state index in [1.165, 1.54) is 0 Å². The number of Topliss-reactive ketones (excluding diaryl/α,β-unsaturated/α-hetero) is 2. The van der Waals surface area contributed by atoms with Crippen molar-refractivity contribution in [3.8, 4) is 0 Å². The predicted molar refractivity (Wildman–Crippen MR) is 99.2 cm³/mol. The summed E-state index contributed by atoms with van der Waals surface area (Å²) in [5.41, 5.74) is 10.00. The number of hydrogen-bond donors (Lipinski definition) is 6. The number of nitrogens with zero attached hydrogens (tertiary/aromatic N) is 2. The molecule has 0 aliphatic rings. The minimum absolute atomic E-state index is 0.489. The Bertz CT molecular complexity index is 841. The second-order valence-electron chi connectivity index (χ2n) is 6.23. The van der Waals surface area contributed by atoms with Gasteiger partial charge in [-0.15, -0.1) is 0 Å². The van der Waals surface area contributed by atoms with Crippen LogP contribution in [0.5, 0.6) is 0 Å². The molecule has 1 aromatic rings. The molecule has 14 heteroatoms. The van der Waals surface area contributed by atoms with Gasteiger partial charge in [0.05, 0.1) is 0 Å². The number of amides is 2. The molecule has 0 aliphatic heterocycles. The fraction of sp³-hybridized carbons (Fsp3) is 0.375. The summed E-state index contributed by atoms with van der Waals surface area (Å²) in [5.74, 6) is -7.34. The number of rotatable bonds is 10. The van der Waals surface area contributed by atoms with Crippen LogP contribution in [0.4, 0.5) is 11.6 Å². The first kappa shape index (κ1) is 23.9. The fourth-order valence-electron chi connectivity index (χ4n) is 2.22. The van der Waals surface area contributed by atoms with Gasteiger partial charge in [-0.1, -0.05) is 0 Å². The first-order chi connectivity index (χ1) is 13.8. The summed E-state index contributed by atoms with van der Waals surface area (Å²) in [7, 11) is 0. The summed E-state index contributed by atoms with van der Waals surface area (Å²) in [6.07, 6.45) is -0.978. The smallest absolute Gasteiger partial charge is 0.326 e. The number of carbonyl (C=O) groups is 6. The highest BCUT2D eigenvalue weighted by Gasteiger charge is 2.28. The van der Waals surface area contributed by atoms with Gasteiger partial charge in [0.15, 0.2) is 23.0 Å². The lowest BCUT2D eigenvalue weighted by molar-refractivity contribution is -0.141. The molecule has 0 saturated carbocycles. The number of nitrogens with two attached hydrogens (primary N) is 2. The van der Waals surface area contributed by atoms with E-state index in [9.17, 15) is 28.8 Å². The zero-order valence-electron chi connectivity index (χ0n) is 16.0. The van der Waals surface area contributed by atoms with Crippen LogP contribution in [-0.4, -0.2) is 67.6 Å². The Morgan fingerprint density at radius 1 is 0.767 bits per heavy atom. The molecule has 0 spiro atoms. The molecule has 14 nitrogen and oxygen atoms in total. The van der Waals surface area contributed by atoms with E-state index in [-0.39, 0.29) is 0 Å². The van der Waals surface area contributed by atoms with Gasteiger partial charge in [-0.05, 0) is 13.8 Å². The summed E-state index contributed by atoms with van der Waals surface area (Å²) in [5, 5.41) is 22.2. The van der Waals surface area contributed by atoms with Crippen LogP contribution >= 0.6 is 0 Å². The predicted octanol–water partition coefficient (Wildman–Crippen LogP) is -2.03. The third-order valence-electron chi connectivity index (χ3n) is 3.57. The van der Waals surface area contributed by atoms with E-state index < -0.39 is 83.3 Å². The minimum Gasteiger partial charge on any atom is -0.480 e. The largest absolute Gasteiger partial charge is 0.480 e. The van der Waals surface area contributed by atoms with E-state index in [2.05, 4.69) is 9.97 Å². The lowest BCUT2D eigenvalue weighted by Gasteiger charge is -2.15. The van der Waals surface area contributed by atoms with Crippen LogP contribution in [0, 0.1) is 0 Å². The van der Waals surface area contributed by atoms with Crippen molar-refractivity contribution in [1.82, 2.24) is 20.6 Å². The number of nitrogen functional groups attached to an aromatic ring is 2. The number of anilines is 2. The van der Waals surface area contributed by atoms with Crippen molar-refractivity contribution in [3.05, 3.63) is 11.4 Å². The molecule has 30 heavy (non-hydrogen) atoms. The van der Waals surface area contributed by atoms with Crippen molar-refractivity contribution in [3.63, 3.8) is 0 Å². The van der Waals surface area contributed by atoms with Gasteiger partial charge in [0.1, 0.15) is 23.7 Å². The van der Waals surface area contributed by atoms with Gasteiger partial charge in [0.2, 0.25) is 0 Å². The topological polar surface area (TPSA) is 245 Å². The molecule has 2 amide bonds. The van der Waals surface area contributed by atoms with E-state index in [4.69, 9.17) is 21.7 Å². The van der Waals surface area contributed by atoms with Crippen LogP contribution in [0.25, 0.3) is 0 Å². The number of nitrogens with one attached hydrogen (secondary N) is 2.